The molecule has 3 nitrogen and oxygen atoms in total. The molecule has 0 radical (unpaired) electrons. The molecule has 4 aliphatic rings. The third-order valence-corrected chi connectivity index (χ3v) is 15.6. The van der Waals surface area contributed by atoms with Crippen LogP contribution in [-0.2, 0) is 43.3 Å². The average Bonchev–Trinajstić information content (AvgIpc) is 3.62. The molecule has 0 fully saturated rings. The van der Waals surface area contributed by atoms with Gasteiger partial charge < -0.3 is 13.1 Å². The Bertz CT molecular complexity index is 2380. The number of ether oxygens (including phenoxy) is 1. The monoisotopic (exact) mass is 829 g/mol. The smallest absolute Gasteiger partial charge is 0.293 e. The molecule has 0 bridgehead atoms. The molecule has 4 aromatic rings. The van der Waals surface area contributed by atoms with Gasteiger partial charge in [-0.2, -0.15) is 0 Å². The minimum atomic E-state index is -0.108. The predicted octanol–water partition coefficient (Wildman–Crippen LogP) is 16.2. The van der Waals surface area contributed by atoms with E-state index in [1.807, 2.05) is 21.0 Å². The molecule has 8 rings (SSSR count). The molecule has 0 N–H and O–H groups in total. The van der Waals surface area contributed by atoms with Crippen LogP contribution in [0, 0.1) is 6.92 Å². The number of fused-ring (bicyclic) bond motifs is 4. The van der Waals surface area contributed by atoms with Gasteiger partial charge in [0.05, 0.1) is 7.11 Å². The molecule has 0 aromatic heterocycles. The second-order valence-electron chi connectivity index (χ2n) is 24.0. The first-order chi connectivity index (χ1) is 27.6. The molecule has 0 amide bonds. The molecule has 60 heavy (non-hydrogen) atoms. The minimum Gasteiger partial charge on any atom is -0.496 e. The summed E-state index contributed by atoms with van der Waals surface area (Å²) in [6, 6.07) is 18.7. The van der Waals surface area contributed by atoms with Crippen molar-refractivity contribution in [3.8, 4) is 39.5 Å². The zero-order chi connectivity index (χ0) is 44.6. The molecule has 0 saturated heterocycles. The van der Waals surface area contributed by atoms with Gasteiger partial charge in [0.25, 0.3) is 12.3 Å². The molecule has 4 aromatic carbocycles. The fourth-order valence-electron chi connectivity index (χ4n) is 14.2. The lowest BCUT2D eigenvalue weighted by atomic mass is 9.80. The van der Waals surface area contributed by atoms with E-state index in [-0.39, 0.29) is 43.3 Å². The van der Waals surface area contributed by atoms with Gasteiger partial charge in [0.15, 0.2) is 11.5 Å². The standard InChI is InChI=1S/C54H70O3S.C2H6/c1-31-32(19-23-36-40(31)51(10,11)27-47(36,2)3)33-20-24-38-42(53(14,15)29-49(38,6)7)45(33)56-58-57-46-35(22-26-39-43(46)54(16,17)30-50(39,8)9)34-21-25-37-41(44(34)55-18)52(12,13)28-48(37,4)5;1-2/h19-26H,27-30H2,1-18H3;1-2H3. The Balaban J connectivity index is 0.00000268. The maximum absolute atomic E-state index is 7.16. The van der Waals surface area contributed by atoms with Crippen molar-refractivity contribution in [1.82, 2.24) is 0 Å². The van der Waals surface area contributed by atoms with Crippen LogP contribution in [0.15, 0.2) is 48.5 Å². The van der Waals surface area contributed by atoms with Crippen LogP contribution in [0.25, 0.3) is 22.3 Å². The van der Waals surface area contributed by atoms with Crippen LogP contribution < -0.4 is 13.1 Å². The van der Waals surface area contributed by atoms with Gasteiger partial charge >= 0.3 is 0 Å². The van der Waals surface area contributed by atoms with Crippen LogP contribution in [0.4, 0.5) is 0 Å². The van der Waals surface area contributed by atoms with Gasteiger partial charge in [0.2, 0.25) is 0 Å². The third-order valence-electron chi connectivity index (χ3n) is 15.1. The van der Waals surface area contributed by atoms with E-state index in [1.165, 1.54) is 55.6 Å². The topological polar surface area (TPSA) is 27.7 Å². The fraction of sp³-hybridized carbons (Fsp3) is 0.571. The molecule has 0 saturated carbocycles. The summed E-state index contributed by atoms with van der Waals surface area (Å²) in [6.07, 6.45) is 4.30. The Morgan fingerprint density at radius 2 is 0.633 bits per heavy atom. The lowest BCUT2D eigenvalue weighted by Crippen LogP contribution is -2.18. The Morgan fingerprint density at radius 3 is 0.983 bits per heavy atom. The normalized spacial score (nSPS) is 21.9. The molecule has 0 atom stereocenters. The van der Waals surface area contributed by atoms with Gasteiger partial charge in [-0.15, -0.1) is 0 Å². The minimum absolute atomic E-state index is 0.00546. The van der Waals surface area contributed by atoms with Crippen molar-refractivity contribution in [3.05, 3.63) is 98.6 Å². The number of methoxy groups -OCH3 is 1. The molecule has 0 spiro atoms. The van der Waals surface area contributed by atoms with Crippen molar-refractivity contribution < 1.29 is 13.1 Å². The highest BCUT2D eigenvalue weighted by Crippen LogP contribution is 2.61. The summed E-state index contributed by atoms with van der Waals surface area (Å²) in [6.45, 7) is 44.5. The third kappa shape index (κ3) is 6.74. The Hall–Kier alpha value is -3.37. The predicted molar refractivity (Wildman–Crippen MR) is 258 cm³/mol. The first-order valence-corrected chi connectivity index (χ1v) is 23.5. The van der Waals surface area contributed by atoms with Crippen LogP contribution in [0.2, 0.25) is 0 Å². The van der Waals surface area contributed by atoms with Crippen LogP contribution in [0.5, 0.6) is 17.2 Å². The highest BCUT2D eigenvalue weighted by atomic mass is 32.2. The van der Waals surface area contributed by atoms with Crippen LogP contribution in [0.1, 0.15) is 200 Å². The van der Waals surface area contributed by atoms with E-state index in [9.17, 15) is 0 Å². The van der Waals surface area contributed by atoms with Crippen molar-refractivity contribution in [3.63, 3.8) is 0 Å². The van der Waals surface area contributed by atoms with E-state index in [0.29, 0.717) is 0 Å². The Morgan fingerprint density at radius 1 is 0.367 bits per heavy atom. The number of rotatable bonds is 7. The molecular formula is C56H76O3S. The summed E-state index contributed by atoms with van der Waals surface area (Å²) >= 11 is 1.14. The number of hydrogen-bond donors (Lipinski definition) is 0. The lowest BCUT2D eigenvalue weighted by Gasteiger charge is -2.27. The number of benzene rings is 4. The zero-order valence-electron chi connectivity index (χ0n) is 41.1. The molecule has 0 unspecified atom stereocenters. The second kappa shape index (κ2) is 14.1. The van der Waals surface area contributed by atoms with Gasteiger partial charge in [-0.05, 0) is 115 Å². The fourth-order valence-corrected chi connectivity index (χ4v) is 14.7. The summed E-state index contributed by atoms with van der Waals surface area (Å²) in [5, 5.41) is 0. The first-order valence-electron chi connectivity index (χ1n) is 22.8. The largest absolute Gasteiger partial charge is 0.496 e. The van der Waals surface area contributed by atoms with E-state index in [4.69, 9.17) is 13.1 Å². The molecule has 324 valence electrons. The molecular weight excluding hydrogens is 753 g/mol. The van der Waals surface area contributed by atoms with Crippen molar-refractivity contribution in [1.29, 1.82) is 0 Å². The van der Waals surface area contributed by atoms with Crippen molar-refractivity contribution >= 4 is 12.3 Å². The van der Waals surface area contributed by atoms with Crippen molar-refractivity contribution in [2.75, 3.05) is 7.11 Å². The van der Waals surface area contributed by atoms with Crippen LogP contribution >= 0.6 is 12.3 Å². The molecule has 0 aliphatic heterocycles. The van der Waals surface area contributed by atoms with Gasteiger partial charge in [-0.1, -0.05) is 173 Å². The molecule has 4 aliphatic carbocycles. The zero-order valence-corrected chi connectivity index (χ0v) is 41.9. The van der Waals surface area contributed by atoms with Crippen molar-refractivity contribution in [2.45, 2.75) is 201 Å². The summed E-state index contributed by atoms with van der Waals surface area (Å²) in [7, 11) is 1.84. The van der Waals surface area contributed by atoms with Crippen LogP contribution in [0.3, 0.4) is 0 Å². The van der Waals surface area contributed by atoms with E-state index >= 15 is 0 Å². The van der Waals surface area contributed by atoms with Crippen LogP contribution in [-0.4, -0.2) is 7.11 Å². The maximum Gasteiger partial charge on any atom is 0.293 e. The van der Waals surface area contributed by atoms with Gasteiger partial charge in [-0.3, -0.25) is 0 Å². The Kier molecular flexibility index (Phi) is 10.5. The average molecular weight is 829 g/mol. The Labute approximate surface area is 369 Å². The van der Waals surface area contributed by atoms with Gasteiger partial charge in [-0.25, -0.2) is 0 Å². The SMILES string of the molecule is CC.COc1c(-c2ccc3c(c2OSOc2c(-c4ccc5c(c4C)C(C)(C)CC5(C)C)ccc4c2C(C)(C)CC4(C)C)C(C)(C)CC3(C)C)ccc2c1C(C)(C)CC2(C)C. The van der Waals surface area contributed by atoms with E-state index in [2.05, 4.69) is 166 Å². The quantitative estimate of drug-likeness (QED) is 0.173. The summed E-state index contributed by atoms with van der Waals surface area (Å²) < 4.78 is 20.8. The molecule has 0 heterocycles. The number of hydrogen-bond acceptors (Lipinski definition) is 4. The second-order valence-corrected chi connectivity index (χ2v) is 24.4. The maximum atomic E-state index is 7.16. The molecule has 4 heteroatoms. The van der Waals surface area contributed by atoms with Gasteiger partial charge in [0.1, 0.15) is 5.75 Å². The highest BCUT2D eigenvalue weighted by Gasteiger charge is 2.49. The lowest BCUT2D eigenvalue weighted by molar-refractivity contribution is 0.378. The summed E-state index contributed by atoms with van der Waals surface area (Å²) in [4.78, 5) is 0. The van der Waals surface area contributed by atoms with E-state index in [0.717, 1.165) is 71.9 Å². The highest BCUT2D eigenvalue weighted by molar-refractivity contribution is 7.90. The first kappa shape index (κ1) is 44.7. The summed E-state index contributed by atoms with van der Waals surface area (Å²) in [5.74, 6) is 2.78. The van der Waals surface area contributed by atoms with Gasteiger partial charge in [0, 0.05) is 33.4 Å². The van der Waals surface area contributed by atoms with E-state index < -0.39 is 0 Å². The van der Waals surface area contributed by atoms with Crippen molar-refractivity contribution in [2.24, 2.45) is 0 Å². The summed E-state index contributed by atoms with van der Waals surface area (Å²) in [5.41, 5.74) is 17.0. The van der Waals surface area contributed by atoms with E-state index in [1.54, 1.807) is 0 Å².